The minimum atomic E-state index is -0.380. The molecule has 4 N–H and O–H groups in total. The van der Waals surface area contributed by atoms with Crippen LogP contribution in [-0.2, 0) is 7.05 Å². The van der Waals surface area contributed by atoms with E-state index in [4.69, 9.17) is 11.5 Å². The van der Waals surface area contributed by atoms with Crippen molar-refractivity contribution < 1.29 is 0 Å². The molecule has 0 saturated carbocycles. The lowest BCUT2D eigenvalue weighted by atomic mass is 10.3. The molecule has 0 atom stereocenters. The second kappa shape index (κ2) is 2.26. The lowest BCUT2D eigenvalue weighted by molar-refractivity contribution is 0.782. The third-order valence-corrected chi connectivity index (χ3v) is 1.67. The molecule has 0 bridgehead atoms. The van der Waals surface area contributed by atoms with Crippen LogP contribution in [0.15, 0.2) is 4.79 Å². The summed E-state index contributed by atoms with van der Waals surface area (Å²) in [7, 11) is 1.60. The zero-order chi connectivity index (χ0) is 8.59. The van der Waals surface area contributed by atoms with Gasteiger partial charge < -0.3 is 11.5 Å². The van der Waals surface area contributed by atoms with Crippen LogP contribution in [0.5, 0.6) is 0 Å². The number of anilines is 2. The quantitative estimate of drug-likeness (QED) is 0.515. The first kappa shape index (κ1) is 7.59. The van der Waals surface area contributed by atoms with Crippen LogP contribution in [0.3, 0.4) is 0 Å². The van der Waals surface area contributed by atoms with Crippen molar-refractivity contribution in [2.45, 2.75) is 6.92 Å². The van der Waals surface area contributed by atoms with Gasteiger partial charge in [-0.05, 0) is 6.92 Å². The van der Waals surface area contributed by atoms with Gasteiger partial charge in [0.15, 0.2) is 5.82 Å². The molecule has 0 unspecified atom stereocenters. The van der Waals surface area contributed by atoms with E-state index >= 15 is 0 Å². The molecule has 0 aliphatic heterocycles. The van der Waals surface area contributed by atoms with Crippen molar-refractivity contribution in [1.29, 1.82) is 0 Å². The van der Waals surface area contributed by atoms with Crippen molar-refractivity contribution >= 4 is 11.5 Å². The van der Waals surface area contributed by atoms with Gasteiger partial charge in [-0.3, -0.25) is 4.57 Å². The van der Waals surface area contributed by atoms with Crippen LogP contribution in [-0.4, -0.2) is 9.55 Å². The standard InChI is InChI=1S/C6H10N4O/c1-3-4(7)5(8)9-6(11)10(3)2/h7H2,1-2H3,(H2,8,9,11). The molecule has 0 aliphatic carbocycles. The normalized spacial score (nSPS) is 10.0. The minimum Gasteiger partial charge on any atom is -0.394 e. The fourth-order valence-electron chi connectivity index (χ4n) is 0.748. The lowest BCUT2D eigenvalue weighted by Crippen LogP contribution is -2.24. The molecule has 1 rings (SSSR count). The zero-order valence-electron chi connectivity index (χ0n) is 6.46. The van der Waals surface area contributed by atoms with Gasteiger partial charge in [0.05, 0.1) is 5.69 Å². The molecule has 1 aromatic rings. The van der Waals surface area contributed by atoms with Crippen molar-refractivity contribution in [2.24, 2.45) is 7.05 Å². The average molecular weight is 154 g/mol. The summed E-state index contributed by atoms with van der Waals surface area (Å²) >= 11 is 0. The Morgan fingerprint density at radius 3 is 2.55 bits per heavy atom. The summed E-state index contributed by atoms with van der Waals surface area (Å²) in [6.45, 7) is 1.72. The van der Waals surface area contributed by atoms with E-state index in [9.17, 15) is 4.79 Å². The SMILES string of the molecule is Cc1c(N)c(N)nc(=O)n1C. The molecule has 0 fully saturated rings. The Morgan fingerprint density at radius 2 is 2.00 bits per heavy atom. The molecule has 5 heteroatoms. The Hall–Kier alpha value is -1.52. The highest BCUT2D eigenvalue weighted by atomic mass is 16.1. The maximum atomic E-state index is 10.9. The van der Waals surface area contributed by atoms with Gasteiger partial charge in [0.25, 0.3) is 0 Å². The summed E-state index contributed by atoms with van der Waals surface area (Å²) in [5.41, 5.74) is 11.5. The molecule has 1 heterocycles. The Balaban J connectivity index is 3.59. The second-order valence-corrected chi connectivity index (χ2v) is 2.34. The smallest absolute Gasteiger partial charge is 0.349 e. The lowest BCUT2D eigenvalue weighted by Gasteiger charge is -2.06. The molecular weight excluding hydrogens is 144 g/mol. The highest BCUT2D eigenvalue weighted by Gasteiger charge is 2.04. The number of hydrogen-bond acceptors (Lipinski definition) is 4. The van der Waals surface area contributed by atoms with Crippen LogP contribution in [0.1, 0.15) is 5.69 Å². The van der Waals surface area contributed by atoms with Crippen molar-refractivity contribution in [3.63, 3.8) is 0 Å². The monoisotopic (exact) mass is 154 g/mol. The molecule has 0 spiro atoms. The van der Waals surface area contributed by atoms with Gasteiger partial charge in [0.1, 0.15) is 0 Å². The first-order valence-corrected chi connectivity index (χ1v) is 3.12. The van der Waals surface area contributed by atoms with E-state index in [1.165, 1.54) is 4.57 Å². The first-order chi connectivity index (χ1) is 5.04. The van der Waals surface area contributed by atoms with Gasteiger partial charge in [-0.25, -0.2) is 4.79 Å². The summed E-state index contributed by atoms with van der Waals surface area (Å²) in [6.07, 6.45) is 0. The predicted octanol–water partition coefficient (Wildman–Crippen LogP) is -0.747. The van der Waals surface area contributed by atoms with Crippen molar-refractivity contribution in [3.05, 3.63) is 16.2 Å². The van der Waals surface area contributed by atoms with E-state index in [2.05, 4.69) is 4.98 Å². The van der Waals surface area contributed by atoms with E-state index in [1.807, 2.05) is 0 Å². The van der Waals surface area contributed by atoms with E-state index in [0.717, 1.165) is 0 Å². The number of aromatic nitrogens is 2. The molecule has 5 nitrogen and oxygen atoms in total. The molecule has 60 valence electrons. The molecule has 11 heavy (non-hydrogen) atoms. The Labute approximate surface area is 63.7 Å². The van der Waals surface area contributed by atoms with E-state index in [-0.39, 0.29) is 11.5 Å². The van der Waals surface area contributed by atoms with Crippen LogP contribution in [0.4, 0.5) is 11.5 Å². The van der Waals surface area contributed by atoms with Crippen LogP contribution < -0.4 is 17.2 Å². The predicted molar refractivity (Wildman–Crippen MR) is 43.0 cm³/mol. The third-order valence-electron chi connectivity index (χ3n) is 1.67. The van der Waals surface area contributed by atoms with Crippen LogP contribution in [0.25, 0.3) is 0 Å². The molecule has 0 amide bonds. The summed E-state index contributed by atoms with van der Waals surface area (Å²) in [5, 5.41) is 0. The summed E-state index contributed by atoms with van der Waals surface area (Å²) in [6, 6.07) is 0. The van der Waals surface area contributed by atoms with Gasteiger partial charge >= 0.3 is 5.69 Å². The Morgan fingerprint density at radius 1 is 1.45 bits per heavy atom. The fraction of sp³-hybridized carbons (Fsp3) is 0.333. The molecular formula is C6H10N4O. The Kier molecular flexibility index (Phi) is 1.56. The van der Waals surface area contributed by atoms with E-state index in [1.54, 1.807) is 14.0 Å². The van der Waals surface area contributed by atoms with E-state index < -0.39 is 0 Å². The zero-order valence-corrected chi connectivity index (χ0v) is 6.46. The molecule has 0 aromatic carbocycles. The molecule has 0 radical (unpaired) electrons. The van der Waals surface area contributed by atoms with Gasteiger partial charge in [0, 0.05) is 12.7 Å². The molecule has 0 saturated heterocycles. The van der Waals surface area contributed by atoms with Gasteiger partial charge in [-0.15, -0.1) is 0 Å². The van der Waals surface area contributed by atoms with Crippen LogP contribution in [0.2, 0.25) is 0 Å². The third kappa shape index (κ3) is 1.04. The highest BCUT2D eigenvalue weighted by molar-refractivity contribution is 5.60. The highest BCUT2D eigenvalue weighted by Crippen LogP contribution is 2.11. The molecule has 1 aromatic heterocycles. The van der Waals surface area contributed by atoms with Gasteiger partial charge in [0.2, 0.25) is 0 Å². The molecule has 0 aliphatic rings. The Bertz CT molecular complexity index is 341. The van der Waals surface area contributed by atoms with Gasteiger partial charge in [-0.1, -0.05) is 0 Å². The number of hydrogen-bond donors (Lipinski definition) is 2. The number of nitrogens with zero attached hydrogens (tertiary/aromatic N) is 2. The average Bonchev–Trinajstić information content (AvgIpc) is 1.97. The number of nitrogens with two attached hydrogens (primary N) is 2. The fourth-order valence-corrected chi connectivity index (χ4v) is 0.748. The minimum absolute atomic E-state index is 0.102. The van der Waals surface area contributed by atoms with E-state index in [0.29, 0.717) is 11.4 Å². The summed E-state index contributed by atoms with van der Waals surface area (Å²) in [4.78, 5) is 14.4. The largest absolute Gasteiger partial charge is 0.394 e. The van der Waals surface area contributed by atoms with Crippen molar-refractivity contribution in [1.82, 2.24) is 9.55 Å². The van der Waals surface area contributed by atoms with Crippen molar-refractivity contribution in [3.8, 4) is 0 Å². The van der Waals surface area contributed by atoms with Crippen LogP contribution >= 0.6 is 0 Å². The topological polar surface area (TPSA) is 86.9 Å². The van der Waals surface area contributed by atoms with Crippen molar-refractivity contribution in [2.75, 3.05) is 11.5 Å². The summed E-state index contributed by atoms with van der Waals surface area (Å²) < 4.78 is 1.35. The number of rotatable bonds is 0. The first-order valence-electron chi connectivity index (χ1n) is 3.12. The summed E-state index contributed by atoms with van der Waals surface area (Å²) in [5.74, 6) is 0.102. The van der Waals surface area contributed by atoms with Gasteiger partial charge in [-0.2, -0.15) is 4.98 Å². The number of nitrogen functional groups attached to an aromatic ring is 2. The second-order valence-electron chi connectivity index (χ2n) is 2.34. The maximum Gasteiger partial charge on any atom is 0.349 e. The maximum absolute atomic E-state index is 10.9. The van der Waals surface area contributed by atoms with Crippen LogP contribution in [0, 0.1) is 6.92 Å².